The Labute approximate surface area is 126 Å². The Morgan fingerprint density at radius 1 is 1.33 bits per heavy atom. The second-order valence-corrected chi connectivity index (χ2v) is 5.48. The van der Waals surface area contributed by atoms with Crippen molar-refractivity contribution in [3.8, 4) is 0 Å². The highest BCUT2D eigenvalue weighted by Gasteiger charge is 2.26. The van der Waals surface area contributed by atoms with Crippen LogP contribution in [0.2, 0.25) is 0 Å². The molecule has 21 heavy (non-hydrogen) atoms. The molecule has 0 aliphatic heterocycles. The number of aromatic nitrogens is 2. The van der Waals surface area contributed by atoms with Crippen LogP contribution in [0.4, 0.5) is 11.6 Å². The number of anilines is 2. The largest absolute Gasteiger partial charge is 0.370 e. The van der Waals surface area contributed by atoms with Crippen molar-refractivity contribution in [1.82, 2.24) is 15.3 Å². The Kier molecular flexibility index (Phi) is 5.36. The van der Waals surface area contributed by atoms with E-state index in [1.165, 1.54) is 6.33 Å². The van der Waals surface area contributed by atoms with Crippen molar-refractivity contribution in [2.75, 3.05) is 17.2 Å². The van der Waals surface area contributed by atoms with Crippen LogP contribution in [0, 0.1) is 0 Å². The first-order chi connectivity index (χ1) is 10.2. The number of rotatable bonds is 8. The van der Waals surface area contributed by atoms with Crippen LogP contribution in [0.3, 0.4) is 0 Å². The topological polar surface area (TPSA) is 78.9 Å². The van der Waals surface area contributed by atoms with Crippen LogP contribution < -0.4 is 16.0 Å². The monoisotopic (exact) mass is 291 g/mol. The van der Waals surface area contributed by atoms with E-state index in [0.29, 0.717) is 6.04 Å². The normalized spacial score (nSPS) is 15.4. The number of nitrogens with one attached hydrogen (secondary N) is 3. The van der Waals surface area contributed by atoms with Crippen LogP contribution in [0.1, 0.15) is 45.6 Å². The number of nitrogens with zero attached hydrogens (tertiary/aromatic N) is 2. The molecule has 0 spiro atoms. The molecule has 1 aliphatic rings. The Bertz CT molecular complexity index is 487. The average Bonchev–Trinajstić information content (AvgIpc) is 3.26. The second kappa shape index (κ2) is 7.24. The van der Waals surface area contributed by atoms with Crippen LogP contribution in [-0.4, -0.2) is 34.5 Å². The summed E-state index contributed by atoms with van der Waals surface area (Å²) in [6, 6.07) is 0.0742. The summed E-state index contributed by atoms with van der Waals surface area (Å²) in [6.45, 7) is 6.83. The van der Waals surface area contributed by atoms with Gasteiger partial charge in [0.2, 0.25) is 5.91 Å². The van der Waals surface area contributed by atoms with Gasteiger partial charge in [0.1, 0.15) is 24.0 Å². The molecule has 0 radical (unpaired) electrons. The van der Waals surface area contributed by atoms with Crippen LogP contribution >= 0.6 is 0 Å². The van der Waals surface area contributed by atoms with Crippen molar-refractivity contribution in [3.63, 3.8) is 0 Å². The van der Waals surface area contributed by atoms with Crippen LogP contribution in [0.25, 0.3) is 0 Å². The van der Waals surface area contributed by atoms with Gasteiger partial charge in [0, 0.05) is 18.2 Å². The lowest BCUT2D eigenvalue weighted by Crippen LogP contribution is -2.39. The zero-order valence-electron chi connectivity index (χ0n) is 13.1. The summed E-state index contributed by atoms with van der Waals surface area (Å²) in [5, 5.41) is 9.48. The predicted molar refractivity (Wildman–Crippen MR) is 84.4 cm³/mol. The summed E-state index contributed by atoms with van der Waals surface area (Å²) in [4.78, 5) is 20.7. The highest BCUT2D eigenvalue weighted by atomic mass is 16.2. The molecule has 1 unspecified atom stereocenters. The quantitative estimate of drug-likeness (QED) is 0.682. The minimum atomic E-state index is -0.300. The van der Waals surface area contributed by atoms with Gasteiger partial charge in [0.05, 0.1) is 0 Å². The highest BCUT2D eigenvalue weighted by Crippen LogP contribution is 2.23. The molecular weight excluding hydrogens is 266 g/mol. The van der Waals surface area contributed by atoms with Gasteiger partial charge in [-0.2, -0.15) is 0 Å². The number of carbonyl (C=O) groups excluding carboxylic acids is 1. The Morgan fingerprint density at radius 2 is 2.05 bits per heavy atom. The third-order valence-corrected chi connectivity index (χ3v) is 3.46. The molecule has 0 aromatic carbocycles. The molecule has 1 aliphatic carbocycles. The summed E-state index contributed by atoms with van der Waals surface area (Å²) in [5.74, 6) is 1.64. The molecule has 1 heterocycles. The third kappa shape index (κ3) is 4.31. The van der Waals surface area contributed by atoms with E-state index >= 15 is 0 Å². The number of hydrogen-bond donors (Lipinski definition) is 3. The fourth-order valence-electron chi connectivity index (χ4n) is 2.17. The smallest absolute Gasteiger partial charge is 0.242 e. The number of hydrogen-bond acceptors (Lipinski definition) is 5. The van der Waals surface area contributed by atoms with E-state index in [9.17, 15) is 4.79 Å². The maximum absolute atomic E-state index is 12.0. The Morgan fingerprint density at radius 3 is 2.67 bits per heavy atom. The third-order valence-electron chi connectivity index (χ3n) is 3.46. The lowest BCUT2D eigenvalue weighted by molar-refractivity contribution is -0.121. The van der Waals surface area contributed by atoms with Crippen molar-refractivity contribution in [2.45, 2.75) is 58.5 Å². The predicted octanol–water partition coefficient (Wildman–Crippen LogP) is 1.94. The van der Waals surface area contributed by atoms with Gasteiger partial charge < -0.3 is 16.0 Å². The van der Waals surface area contributed by atoms with Gasteiger partial charge in [-0.3, -0.25) is 4.79 Å². The fourth-order valence-corrected chi connectivity index (χ4v) is 2.17. The first kappa shape index (κ1) is 15.5. The summed E-state index contributed by atoms with van der Waals surface area (Å²) < 4.78 is 0. The summed E-state index contributed by atoms with van der Waals surface area (Å²) >= 11 is 0. The van der Waals surface area contributed by atoms with E-state index in [-0.39, 0.29) is 11.9 Å². The second-order valence-electron chi connectivity index (χ2n) is 5.48. The SMILES string of the molecule is CCCc1c(NCC)ncnc1NC(C)C(=O)NC1CC1. The molecule has 6 heteroatoms. The highest BCUT2D eigenvalue weighted by molar-refractivity contribution is 5.84. The van der Waals surface area contributed by atoms with Crippen molar-refractivity contribution >= 4 is 17.5 Å². The van der Waals surface area contributed by atoms with Gasteiger partial charge >= 0.3 is 0 Å². The Hall–Kier alpha value is -1.85. The van der Waals surface area contributed by atoms with Crippen molar-refractivity contribution in [2.24, 2.45) is 0 Å². The van der Waals surface area contributed by atoms with Crippen LogP contribution in [0.15, 0.2) is 6.33 Å². The Balaban J connectivity index is 2.09. The zero-order chi connectivity index (χ0) is 15.2. The summed E-state index contributed by atoms with van der Waals surface area (Å²) in [7, 11) is 0. The number of carbonyl (C=O) groups is 1. The molecule has 1 aromatic heterocycles. The minimum absolute atomic E-state index is 0.0311. The van der Waals surface area contributed by atoms with E-state index in [2.05, 4.69) is 32.8 Å². The maximum Gasteiger partial charge on any atom is 0.242 e. The zero-order valence-corrected chi connectivity index (χ0v) is 13.1. The van der Waals surface area contributed by atoms with E-state index in [0.717, 1.165) is 49.4 Å². The van der Waals surface area contributed by atoms with E-state index in [1.54, 1.807) is 0 Å². The van der Waals surface area contributed by atoms with E-state index < -0.39 is 0 Å². The molecule has 0 bridgehead atoms. The number of amides is 1. The molecule has 1 saturated carbocycles. The minimum Gasteiger partial charge on any atom is -0.370 e. The van der Waals surface area contributed by atoms with Gasteiger partial charge in [-0.15, -0.1) is 0 Å². The first-order valence-electron chi connectivity index (χ1n) is 7.80. The van der Waals surface area contributed by atoms with Crippen molar-refractivity contribution < 1.29 is 4.79 Å². The van der Waals surface area contributed by atoms with E-state index in [1.807, 2.05) is 13.8 Å². The molecule has 2 rings (SSSR count). The van der Waals surface area contributed by atoms with Crippen LogP contribution in [-0.2, 0) is 11.2 Å². The van der Waals surface area contributed by atoms with E-state index in [4.69, 9.17) is 0 Å². The molecule has 0 saturated heterocycles. The summed E-state index contributed by atoms with van der Waals surface area (Å²) in [5.41, 5.74) is 1.05. The molecular formula is C15H25N5O. The van der Waals surface area contributed by atoms with Crippen LogP contribution in [0.5, 0.6) is 0 Å². The lowest BCUT2D eigenvalue weighted by Gasteiger charge is -2.18. The van der Waals surface area contributed by atoms with Crippen molar-refractivity contribution in [3.05, 3.63) is 11.9 Å². The summed E-state index contributed by atoms with van der Waals surface area (Å²) in [6.07, 6.45) is 5.60. The fraction of sp³-hybridized carbons (Fsp3) is 0.667. The molecule has 1 fully saturated rings. The standard InChI is InChI=1S/C15H25N5O/c1-4-6-12-13(16-5-2)17-9-18-14(12)19-10(3)15(21)20-11-7-8-11/h9-11H,4-8H2,1-3H3,(H,20,21)(H2,16,17,18,19). The van der Waals surface area contributed by atoms with Gasteiger partial charge in [-0.25, -0.2) is 9.97 Å². The maximum atomic E-state index is 12.0. The van der Waals surface area contributed by atoms with Gasteiger partial charge in [-0.1, -0.05) is 13.3 Å². The molecule has 1 aromatic rings. The van der Waals surface area contributed by atoms with Gasteiger partial charge in [-0.05, 0) is 33.1 Å². The molecule has 1 amide bonds. The molecule has 6 nitrogen and oxygen atoms in total. The first-order valence-corrected chi connectivity index (χ1v) is 7.80. The lowest BCUT2D eigenvalue weighted by atomic mass is 10.1. The van der Waals surface area contributed by atoms with Gasteiger partial charge in [0.25, 0.3) is 0 Å². The molecule has 1 atom stereocenters. The van der Waals surface area contributed by atoms with Gasteiger partial charge in [0.15, 0.2) is 0 Å². The average molecular weight is 291 g/mol. The van der Waals surface area contributed by atoms with Crippen molar-refractivity contribution in [1.29, 1.82) is 0 Å². The molecule has 116 valence electrons. The molecule has 3 N–H and O–H groups in total.